The number of hydrogen-bond donors (Lipinski definition) is 0. The van der Waals surface area contributed by atoms with Crippen LogP contribution in [0.3, 0.4) is 0 Å². The molecule has 1 aliphatic heterocycles. The van der Waals surface area contributed by atoms with Crippen LogP contribution >= 0.6 is 0 Å². The normalized spacial score (nSPS) is 14.5. The molecule has 5 nitrogen and oxygen atoms in total. The Morgan fingerprint density at radius 1 is 0.470 bits per heavy atom. The molecule has 0 saturated heterocycles. The lowest BCUT2D eigenvalue weighted by molar-refractivity contribution is 0.537. The van der Waals surface area contributed by atoms with E-state index in [0.717, 1.165) is 39.6 Å². The zero-order chi connectivity index (χ0) is 47.7. The van der Waals surface area contributed by atoms with Crippen molar-refractivity contribution in [2.24, 2.45) is 0 Å². The minimum Gasteiger partial charge on any atom is -0.310 e. The Bertz CT molecular complexity index is 3160. The third-order valence-electron chi connectivity index (χ3n) is 14.0. The Balaban J connectivity index is 1.32. The van der Waals surface area contributed by atoms with E-state index in [1.807, 2.05) is 6.20 Å². The molecule has 0 fully saturated rings. The Hall–Kier alpha value is -5.94. The van der Waals surface area contributed by atoms with Gasteiger partial charge in [0.2, 0.25) is 0 Å². The third-order valence-corrected chi connectivity index (χ3v) is 14.0. The molecule has 0 unspecified atom stereocenters. The van der Waals surface area contributed by atoms with Gasteiger partial charge in [-0.1, -0.05) is 184 Å². The molecule has 0 amide bonds. The second kappa shape index (κ2) is 15.0. The quantitative estimate of drug-likeness (QED) is 0.177. The minimum atomic E-state index is -0.257. The Labute approximate surface area is 394 Å². The van der Waals surface area contributed by atoms with Gasteiger partial charge in [-0.05, 0) is 98.2 Å². The van der Waals surface area contributed by atoms with Crippen LogP contribution in [0.15, 0.2) is 121 Å². The molecule has 340 valence electrons. The summed E-state index contributed by atoms with van der Waals surface area (Å²) in [5.74, 6) is 0.926. The highest BCUT2D eigenvalue weighted by Gasteiger charge is 2.39. The van der Waals surface area contributed by atoms with E-state index in [9.17, 15) is 0 Å². The lowest BCUT2D eigenvalue weighted by Crippen LogP contribution is -2.31. The summed E-state index contributed by atoms with van der Waals surface area (Å²) < 4.78 is 4.65. The van der Waals surface area contributed by atoms with Gasteiger partial charge in [-0.3, -0.25) is 4.57 Å². The van der Waals surface area contributed by atoms with E-state index in [1.54, 1.807) is 0 Å². The number of nitrogens with zero attached hydrogens (tertiary/aromatic N) is 5. The standard InChI is InChI=1S/C61H71N5/c1-56(2,3)39-30-31-62-52(35-39)65-48-24-20-18-22-44(48)45-28-26-42(36-50(45)65)64-49-25-21-19-23-46(49)61(16,17)47-29-27-43(37-51(47)64)66-55(60(13,14)15)53(54(63-66)59(10,11)12)38-32-40(57(4,5)6)34-41(33-38)58(7,8)9/h18-37H,1-17H3. The smallest absolute Gasteiger partial charge is 0.137 e. The van der Waals surface area contributed by atoms with Gasteiger partial charge in [-0.15, -0.1) is 0 Å². The van der Waals surface area contributed by atoms with Gasteiger partial charge in [0.25, 0.3) is 0 Å². The van der Waals surface area contributed by atoms with Gasteiger partial charge < -0.3 is 4.90 Å². The number of aromatic nitrogens is 4. The fourth-order valence-electron chi connectivity index (χ4n) is 10.2. The van der Waals surface area contributed by atoms with Gasteiger partial charge >= 0.3 is 0 Å². The molecule has 0 bridgehead atoms. The lowest BCUT2D eigenvalue weighted by Gasteiger charge is -2.42. The summed E-state index contributed by atoms with van der Waals surface area (Å²) in [7, 11) is 0. The van der Waals surface area contributed by atoms with Gasteiger partial charge in [-0.25, -0.2) is 9.67 Å². The average Bonchev–Trinajstić information content (AvgIpc) is 3.81. The van der Waals surface area contributed by atoms with E-state index in [4.69, 9.17) is 10.1 Å². The first-order chi connectivity index (χ1) is 30.7. The molecule has 0 spiro atoms. The minimum absolute atomic E-state index is 0.0188. The number of anilines is 3. The number of benzene rings is 5. The van der Waals surface area contributed by atoms with E-state index in [0.29, 0.717) is 0 Å². The zero-order valence-corrected chi connectivity index (χ0v) is 42.8. The van der Waals surface area contributed by atoms with Gasteiger partial charge in [0.1, 0.15) is 5.82 Å². The van der Waals surface area contributed by atoms with E-state index >= 15 is 0 Å². The molecule has 3 aromatic heterocycles. The van der Waals surface area contributed by atoms with E-state index in [1.165, 1.54) is 61.1 Å². The first-order valence-corrected chi connectivity index (χ1v) is 24.0. The fraction of sp³-hybridized carbons (Fsp3) is 0.377. The highest BCUT2D eigenvalue weighted by molar-refractivity contribution is 6.10. The molecule has 9 rings (SSSR count). The van der Waals surface area contributed by atoms with Crippen molar-refractivity contribution < 1.29 is 0 Å². The van der Waals surface area contributed by atoms with Crippen LogP contribution < -0.4 is 4.90 Å². The van der Waals surface area contributed by atoms with Crippen molar-refractivity contribution in [3.8, 4) is 22.6 Å². The second-order valence-corrected chi connectivity index (χ2v) is 24.7. The summed E-state index contributed by atoms with van der Waals surface area (Å²) in [6, 6.07) is 43.5. The fourth-order valence-corrected chi connectivity index (χ4v) is 10.2. The molecule has 8 aromatic rings. The maximum absolute atomic E-state index is 5.73. The summed E-state index contributed by atoms with van der Waals surface area (Å²) >= 11 is 0. The van der Waals surface area contributed by atoms with Crippen molar-refractivity contribution >= 4 is 38.9 Å². The molecule has 66 heavy (non-hydrogen) atoms. The highest BCUT2D eigenvalue weighted by Crippen LogP contribution is 2.53. The first-order valence-electron chi connectivity index (χ1n) is 24.0. The Morgan fingerprint density at radius 2 is 1.06 bits per heavy atom. The lowest BCUT2D eigenvalue weighted by atomic mass is 9.73. The van der Waals surface area contributed by atoms with Crippen molar-refractivity contribution in [3.05, 3.63) is 161 Å². The molecule has 0 aliphatic carbocycles. The summed E-state index contributed by atoms with van der Waals surface area (Å²) in [6.45, 7) is 39.5. The average molecular weight is 874 g/mol. The predicted octanol–water partition coefficient (Wildman–Crippen LogP) is 16.6. The van der Waals surface area contributed by atoms with E-state index < -0.39 is 0 Å². The van der Waals surface area contributed by atoms with Crippen molar-refractivity contribution in [1.82, 2.24) is 19.3 Å². The molecule has 0 atom stereocenters. The number of para-hydroxylation sites is 2. The van der Waals surface area contributed by atoms with Gasteiger partial charge in [0.15, 0.2) is 0 Å². The van der Waals surface area contributed by atoms with Crippen molar-refractivity contribution in [2.45, 2.75) is 150 Å². The van der Waals surface area contributed by atoms with Crippen LogP contribution in [0.2, 0.25) is 0 Å². The van der Waals surface area contributed by atoms with Gasteiger partial charge in [0.05, 0.1) is 39.5 Å². The second-order valence-electron chi connectivity index (χ2n) is 24.7. The number of hydrogen-bond acceptors (Lipinski definition) is 3. The number of pyridine rings is 1. The van der Waals surface area contributed by atoms with Gasteiger partial charge in [0, 0.05) is 44.5 Å². The van der Waals surface area contributed by atoms with Gasteiger partial charge in [-0.2, -0.15) is 5.10 Å². The van der Waals surface area contributed by atoms with E-state index in [2.05, 4.69) is 247 Å². The van der Waals surface area contributed by atoms with Crippen LogP contribution in [0.1, 0.15) is 157 Å². The number of rotatable bonds is 4. The zero-order valence-electron chi connectivity index (χ0n) is 42.8. The Kier molecular flexibility index (Phi) is 10.3. The van der Waals surface area contributed by atoms with E-state index in [-0.39, 0.29) is 32.5 Å². The van der Waals surface area contributed by atoms with Crippen LogP contribution in [-0.2, 0) is 32.5 Å². The summed E-state index contributed by atoms with van der Waals surface area (Å²) in [5, 5.41) is 8.15. The predicted molar refractivity (Wildman–Crippen MR) is 281 cm³/mol. The van der Waals surface area contributed by atoms with Crippen LogP contribution in [-0.4, -0.2) is 19.3 Å². The third kappa shape index (κ3) is 7.57. The maximum atomic E-state index is 5.73. The maximum Gasteiger partial charge on any atom is 0.137 e. The van der Waals surface area contributed by atoms with Crippen molar-refractivity contribution in [3.63, 3.8) is 0 Å². The molecule has 0 saturated carbocycles. The topological polar surface area (TPSA) is 38.9 Å². The molecule has 5 aromatic carbocycles. The van der Waals surface area contributed by atoms with Crippen LogP contribution in [0, 0.1) is 0 Å². The van der Waals surface area contributed by atoms with Crippen molar-refractivity contribution in [2.75, 3.05) is 4.90 Å². The van der Waals surface area contributed by atoms with Crippen LogP contribution in [0.25, 0.3) is 44.4 Å². The largest absolute Gasteiger partial charge is 0.310 e. The number of fused-ring (bicyclic) bond motifs is 5. The van der Waals surface area contributed by atoms with Crippen LogP contribution in [0.5, 0.6) is 0 Å². The first kappa shape index (κ1) is 45.2. The molecule has 1 aliphatic rings. The SMILES string of the molecule is CC(C)(C)c1cc(-c2c(C(C)(C)C)nn(-c3ccc4c(c3)N(c3ccc5c6ccccc6n(-c6cc(C(C)(C)C)ccn6)c5c3)c3ccccc3C4(C)C)c2C(C)(C)C)cc(C(C)(C)C)c1. The molecule has 4 heterocycles. The molecular weight excluding hydrogens is 803 g/mol. The monoisotopic (exact) mass is 874 g/mol. The Morgan fingerprint density at radius 3 is 1.70 bits per heavy atom. The molecule has 0 radical (unpaired) electrons. The molecular formula is C61H71N5. The highest BCUT2D eigenvalue weighted by atomic mass is 15.3. The summed E-state index contributed by atoms with van der Waals surface area (Å²) in [4.78, 5) is 7.52. The summed E-state index contributed by atoms with van der Waals surface area (Å²) in [6.07, 6.45) is 1.96. The summed E-state index contributed by atoms with van der Waals surface area (Å²) in [5.41, 5.74) is 17.3. The van der Waals surface area contributed by atoms with Crippen molar-refractivity contribution in [1.29, 1.82) is 0 Å². The van der Waals surface area contributed by atoms with Crippen LogP contribution in [0.4, 0.5) is 17.1 Å². The molecule has 5 heteroatoms. The molecule has 0 N–H and O–H groups in total.